The maximum Gasteiger partial charge on any atom is 0.387 e. The number of anilines is 1. The van der Waals surface area contributed by atoms with Crippen LogP contribution in [0.2, 0.25) is 0 Å². The van der Waals surface area contributed by atoms with Crippen LogP contribution in [0.1, 0.15) is 24.1 Å². The van der Waals surface area contributed by atoms with Gasteiger partial charge >= 0.3 is 6.61 Å². The van der Waals surface area contributed by atoms with Crippen LogP contribution < -0.4 is 15.4 Å². The minimum atomic E-state index is -2.86. The fraction of sp³-hybridized carbons (Fsp3) is 0.174. The maximum atomic E-state index is 12.6. The summed E-state index contributed by atoms with van der Waals surface area (Å²) in [5, 5.41) is 4.86. The number of hydrogen-bond acceptors (Lipinski definition) is 2. The molecule has 29 heavy (non-hydrogen) atoms. The van der Waals surface area contributed by atoms with Crippen LogP contribution >= 0.6 is 0 Å². The van der Waals surface area contributed by atoms with E-state index in [9.17, 15) is 13.6 Å². The number of amides is 1. The Morgan fingerprint density at radius 3 is 2.00 bits per heavy atom. The molecule has 6 heteroatoms. The molecule has 0 spiro atoms. The van der Waals surface area contributed by atoms with E-state index in [1.165, 1.54) is 12.1 Å². The molecule has 3 aromatic carbocycles. The SMILES string of the molecule is C[C@H]([NH2+][C@H](c1ccccc1)c1ccc(OC(F)F)cc1)C(=O)Nc1ccccc1. The zero-order valence-corrected chi connectivity index (χ0v) is 16.0. The standard InChI is InChI=1S/C23H22F2N2O2/c1-16(22(28)27-19-10-6-3-7-11-19)26-21(17-8-4-2-5-9-17)18-12-14-20(15-13-18)29-23(24)25/h2-16,21,23,26H,1H3,(H,27,28)/p+1/t16-,21+/m0/s1. The molecule has 2 atom stereocenters. The van der Waals surface area contributed by atoms with Crippen LogP contribution in [0, 0.1) is 0 Å². The molecule has 4 nitrogen and oxygen atoms in total. The first-order valence-electron chi connectivity index (χ1n) is 9.33. The fourth-order valence-corrected chi connectivity index (χ4v) is 3.09. The van der Waals surface area contributed by atoms with Crippen LogP contribution in [0.15, 0.2) is 84.9 Å². The molecule has 0 saturated heterocycles. The molecular weight excluding hydrogens is 374 g/mol. The summed E-state index contributed by atoms with van der Waals surface area (Å²) in [7, 11) is 0. The summed E-state index contributed by atoms with van der Waals surface area (Å²) in [5.74, 6) is -0.0137. The molecule has 0 unspecified atom stereocenters. The Balaban J connectivity index is 1.78. The average Bonchev–Trinajstić information content (AvgIpc) is 2.73. The molecule has 3 rings (SSSR count). The lowest BCUT2D eigenvalue weighted by Crippen LogP contribution is -2.92. The van der Waals surface area contributed by atoms with Gasteiger partial charge in [0, 0.05) is 16.8 Å². The van der Waals surface area contributed by atoms with E-state index in [1.54, 1.807) is 12.1 Å². The van der Waals surface area contributed by atoms with Crippen LogP contribution in [0.5, 0.6) is 5.75 Å². The third kappa shape index (κ3) is 5.86. The number of nitrogens with one attached hydrogen (secondary N) is 1. The highest BCUT2D eigenvalue weighted by molar-refractivity contribution is 5.93. The molecule has 0 saturated carbocycles. The van der Waals surface area contributed by atoms with Crippen LogP contribution in [0.25, 0.3) is 0 Å². The Morgan fingerprint density at radius 2 is 1.41 bits per heavy atom. The van der Waals surface area contributed by atoms with Gasteiger partial charge in [-0.05, 0) is 43.3 Å². The number of nitrogens with two attached hydrogens (primary N) is 1. The molecule has 0 aliphatic rings. The van der Waals surface area contributed by atoms with Crippen LogP contribution in [0.4, 0.5) is 14.5 Å². The highest BCUT2D eigenvalue weighted by atomic mass is 19.3. The molecule has 3 aromatic rings. The van der Waals surface area contributed by atoms with E-state index in [2.05, 4.69) is 10.1 Å². The van der Waals surface area contributed by atoms with Crippen molar-refractivity contribution >= 4 is 11.6 Å². The molecule has 0 bridgehead atoms. The molecule has 0 aliphatic heterocycles. The Kier molecular flexibility index (Phi) is 6.92. The van der Waals surface area contributed by atoms with Gasteiger partial charge in [0.1, 0.15) is 11.8 Å². The van der Waals surface area contributed by atoms with Crippen LogP contribution in [-0.2, 0) is 4.79 Å². The van der Waals surface area contributed by atoms with Gasteiger partial charge in [-0.3, -0.25) is 4.79 Å². The quantitative estimate of drug-likeness (QED) is 0.604. The molecule has 1 amide bonds. The number of rotatable bonds is 8. The summed E-state index contributed by atoms with van der Waals surface area (Å²) in [6.45, 7) is -1.03. The number of halogens is 2. The van der Waals surface area contributed by atoms with Gasteiger partial charge in [-0.2, -0.15) is 8.78 Å². The summed E-state index contributed by atoms with van der Waals surface area (Å²) in [6.07, 6.45) is 0. The van der Waals surface area contributed by atoms with Crippen molar-refractivity contribution in [2.24, 2.45) is 0 Å². The van der Waals surface area contributed by atoms with Gasteiger partial charge in [-0.25, -0.2) is 0 Å². The summed E-state index contributed by atoms with van der Waals surface area (Å²) in [4.78, 5) is 12.6. The van der Waals surface area contributed by atoms with Gasteiger partial charge in [0.2, 0.25) is 0 Å². The molecule has 0 aliphatic carbocycles. The number of ether oxygens (including phenoxy) is 1. The first kappa shape index (κ1) is 20.5. The molecule has 150 valence electrons. The highest BCUT2D eigenvalue weighted by Gasteiger charge is 2.25. The van der Waals surface area contributed by atoms with E-state index >= 15 is 0 Å². The monoisotopic (exact) mass is 397 g/mol. The van der Waals surface area contributed by atoms with Crippen molar-refractivity contribution in [3.05, 3.63) is 96.1 Å². The third-order valence-electron chi connectivity index (χ3n) is 4.56. The van der Waals surface area contributed by atoms with Gasteiger partial charge in [-0.15, -0.1) is 0 Å². The third-order valence-corrected chi connectivity index (χ3v) is 4.56. The second-order valence-electron chi connectivity index (χ2n) is 6.67. The zero-order chi connectivity index (χ0) is 20.6. The van der Waals surface area contributed by atoms with Crippen molar-refractivity contribution in [1.29, 1.82) is 0 Å². The molecule has 0 radical (unpaired) electrons. The number of hydrogen-bond donors (Lipinski definition) is 2. The number of alkyl halides is 2. The summed E-state index contributed by atoms with van der Waals surface area (Å²) < 4.78 is 29.3. The predicted octanol–water partition coefficient (Wildman–Crippen LogP) is 3.97. The smallest absolute Gasteiger partial charge is 0.387 e. The van der Waals surface area contributed by atoms with Crippen LogP contribution in [-0.4, -0.2) is 18.6 Å². The normalized spacial score (nSPS) is 13.0. The number of para-hydroxylation sites is 1. The lowest BCUT2D eigenvalue weighted by atomic mass is 9.97. The van der Waals surface area contributed by atoms with E-state index in [-0.39, 0.29) is 23.7 Å². The van der Waals surface area contributed by atoms with E-state index in [0.29, 0.717) is 0 Å². The van der Waals surface area contributed by atoms with Gasteiger partial charge in [0.25, 0.3) is 5.91 Å². The fourth-order valence-electron chi connectivity index (χ4n) is 3.09. The number of quaternary nitrogens is 1. The Hall–Kier alpha value is -3.25. The maximum absolute atomic E-state index is 12.6. The van der Waals surface area contributed by atoms with Crippen molar-refractivity contribution < 1.29 is 23.6 Å². The molecular formula is C23H23F2N2O2+. The second kappa shape index (κ2) is 9.80. The largest absolute Gasteiger partial charge is 0.435 e. The Labute approximate surface area is 168 Å². The Bertz CT molecular complexity index is 903. The molecule has 0 heterocycles. The number of carbonyl (C=O) groups is 1. The molecule has 3 N–H and O–H groups in total. The Morgan fingerprint density at radius 1 is 0.862 bits per heavy atom. The van der Waals surface area contributed by atoms with E-state index in [4.69, 9.17) is 0 Å². The minimum absolute atomic E-state index is 0.102. The number of carbonyl (C=O) groups excluding carboxylic acids is 1. The average molecular weight is 397 g/mol. The van der Waals surface area contributed by atoms with E-state index in [1.807, 2.05) is 72.9 Å². The van der Waals surface area contributed by atoms with Gasteiger partial charge in [-0.1, -0.05) is 48.5 Å². The lowest BCUT2D eigenvalue weighted by Gasteiger charge is -2.21. The van der Waals surface area contributed by atoms with E-state index in [0.717, 1.165) is 16.8 Å². The second-order valence-corrected chi connectivity index (χ2v) is 6.67. The van der Waals surface area contributed by atoms with Crippen molar-refractivity contribution in [1.82, 2.24) is 0 Å². The molecule has 0 fully saturated rings. The van der Waals surface area contributed by atoms with E-state index < -0.39 is 6.61 Å². The van der Waals surface area contributed by atoms with Crippen molar-refractivity contribution in [2.75, 3.05) is 5.32 Å². The van der Waals surface area contributed by atoms with Crippen molar-refractivity contribution in [3.63, 3.8) is 0 Å². The summed E-state index contributed by atoms with van der Waals surface area (Å²) >= 11 is 0. The topological polar surface area (TPSA) is 54.9 Å². The van der Waals surface area contributed by atoms with Gasteiger partial charge in [0.05, 0.1) is 0 Å². The highest BCUT2D eigenvalue weighted by Crippen LogP contribution is 2.22. The van der Waals surface area contributed by atoms with Crippen molar-refractivity contribution in [2.45, 2.75) is 25.6 Å². The number of benzene rings is 3. The zero-order valence-electron chi connectivity index (χ0n) is 16.0. The van der Waals surface area contributed by atoms with Crippen LogP contribution in [0.3, 0.4) is 0 Å². The summed E-state index contributed by atoms with van der Waals surface area (Å²) in [5.41, 5.74) is 2.63. The van der Waals surface area contributed by atoms with Gasteiger partial charge < -0.3 is 15.4 Å². The molecule has 0 aromatic heterocycles. The summed E-state index contributed by atoms with van der Waals surface area (Å²) in [6, 6.07) is 25.0. The van der Waals surface area contributed by atoms with Crippen molar-refractivity contribution in [3.8, 4) is 5.75 Å². The lowest BCUT2D eigenvalue weighted by molar-refractivity contribution is -0.704. The minimum Gasteiger partial charge on any atom is -0.435 e. The first-order chi connectivity index (χ1) is 14.0. The predicted molar refractivity (Wildman–Crippen MR) is 108 cm³/mol. The van der Waals surface area contributed by atoms with Gasteiger partial charge in [0.15, 0.2) is 6.04 Å². The first-order valence-corrected chi connectivity index (χ1v) is 9.33.